The van der Waals surface area contributed by atoms with Crippen LogP contribution in [0.3, 0.4) is 0 Å². The van der Waals surface area contributed by atoms with Gasteiger partial charge in [-0.25, -0.2) is 0 Å². The van der Waals surface area contributed by atoms with Gasteiger partial charge in [-0.05, 0) is 11.6 Å². The van der Waals surface area contributed by atoms with Crippen LogP contribution < -0.4 is 0 Å². The highest BCUT2D eigenvalue weighted by Gasteiger charge is 2.26. The normalized spacial score (nSPS) is 10.8. The Morgan fingerprint density at radius 3 is 2.09 bits per heavy atom. The van der Waals surface area contributed by atoms with Gasteiger partial charge in [0, 0.05) is 6.07 Å². The van der Waals surface area contributed by atoms with Gasteiger partial charge in [-0.1, -0.05) is 30.3 Å². The standard InChI is InChI=1S/C16H8N4O2/c17-8-12-6-14(16(20(21)22)7-13(12)9-18)15(10-19)11-4-2-1-3-5-11/h1-7,15H/t15-/m1/s1. The van der Waals surface area contributed by atoms with Gasteiger partial charge in [-0.2, -0.15) is 15.8 Å². The Balaban J connectivity index is 2.73. The van der Waals surface area contributed by atoms with Crippen molar-refractivity contribution in [3.63, 3.8) is 0 Å². The Kier molecular flexibility index (Phi) is 4.13. The molecule has 0 amide bonds. The van der Waals surface area contributed by atoms with Gasteiger partial charge in [-0.3, -0.25) is 10.1 Å². The van der Waals surface area contributed by atoms with Crippen molar-refractivity contribution in [1.82, 2.24) is 0 Å². The molecular formula is C16H8N4O2. The zero-order chi connectivity index (χ0) is 16.1. The molecule has 0 heterocycles. The van der Waals surface area contributed by atoms with Crippen LogP contribution in [0.4, 0.5) is 5.69 Å². The highest BCUT2D eigenvalue weighted by atomic mass is 16.6. The summed E-state index contributed by atoms with van der Waals surface area (Å²) in [5.41, 5.74) is 0.281. The average Bonchev–Trinajstić information content (AvgIpc) is 2.55. The van der Waals surface area contributed by atoms with Crippen molar-refractivity contribution in [2.24, 2.45) is 0 Å². The predicted molar refractivity (Wildman–Crippen MR) is 76.4 cm³/mol. The van der Waals surface area contributed by atoms with E-state index in [4.69, 9.17) is 10.5 Å². The van der Waals surface area contributed by atoms with E-state index in [1.165, 1.54) is 6.07 Å². The Labute approximate surface area is 126 Å². The molecule has 0 radical (unpaired) electrons. The molecule has 0 aliphatic carbocycles. The summed E-state index contributed by atoms with van der Waals surface area (Å²) in [6, 6.07) is 16.5. The quantitative estimate of drug-likeness (QED) is 0.636. The molecule has 0 aliphatic heterocycles. The van der Waals surface area contributed by atoms with Gasteiger partial charge in [0.2, 0.25) is 0 Å². The molecule has 0 aliphatic rings. The number of hydrogen-bond donors (Lipinski definition) is 0. The molecule has 0 spiro atoms. The van der Waals surface area contributed by atoms with Crippen molar-refractivity contribution in [2.45, 2.75) is 5.92 Å². The molecule has 2 aromatic carbocycles. The van der Waals surface area contributed by atoms with E-state index in [1.807, 2.05) is 12.1 Å². The lowest BCUT2D eigenvalue weighted by molar-refractivity contribution is -0.385. The van der Waals surface area contributed by atoms with E-state index in [2.05, 4.69) is 0 Å². The summed E-state index contributed by atoms with van der Waals surface area (Å²) < 4.78 is 0. The first-order chi connectivity index (χ1) is 10.6. The van der Waals surface area contributed by atoms with Crippen molar-refractivity contribution >= 4 is 5.69 Å². The molecule has 6 heteroatoms. The molecule has 104 valence electrons. The summed E-state index contributed by atoms with van der Waals surface area (Å²) in [4.78, 5) is 10.6. The first kappa shape index (κ1) is 14.7. The first-order valence-corrected chi connectivity index (χ1v) is 6.19. The summed E-state index contributed by atoms with van der Waals surface area (Å²) in [5, 5.41) is 38.7. The maximum atomic E-state index is 11.2. The number of benzene rings is 2. The lowest BCUT2D eigenvalue weighted by atomic mass is 9.89. The highest BCUT2D eigenvalue weighted by molar-refractivity contribution is 5.59. The number of nitro benzene ring substituents is 1. The van der Waals surface area contributed by atoms with Crippen molar-refractivity contribution in [3.8, 4) is 18.2 Å². The molecule has 6 nitrogen and oxygen atoms in total. The highest BCUT2D eigenvalue weighted by Crippen LogP contribution is 2.33. The van der Waals surface area contributed by atoms with Crippen molar-refractivity contribution < 1.29 is 4.92 Å². The summed E-state index contributed by atoms with van der Waals surface area (Å²) in [5.74, 6) is -0.888. The largest absolute Gasteiger partial charge is 0.275 e. The third-order valence-electron chi connectivity index (χ3n) is 3.18. The van der Waals surface area contributed by atoms with Crippen LogP contribution in [-0.2, 0) is 0 Å². The smallest absolute Gasteiger partial charge is 0.258 e. The van der Waals surface area contributed by atoms with Gasteiger partial charge >= 0.3 is 0 Å². The number of hydrogen-bond acceptors (Lipinski definition) is 5. The van der Waals surface area contributed by atoms with E-state index in [0.717, 1.165) is 6.07 Å². The van der Waals surface area contributed by atoms with Crippen LogP contribution in [-0.4, -0.2) is 4.92 Å². The molecule has 1 atom stereocenters. The average molecular weight is 288 g/mol. The number of nitro groups is 1. The number of rotatable bonds is 3. The van der Waals surface area contributed by atoms with E-state index in [-0.39, 0.29) is 22.4 Å². The fourth-order valence-electron chi connectivity index (χ4n) is 2.15. The Morgan fingerprint density at radius 2 is 1.59 bits per heavy atom. The van der Waals surface area contributed by atoms with Crippen LogP contribution in [0.15, 0.2) is 42.5 Å². The summed E-state index contributed by atoms with van der Waals surface area (Å²) in [7, 11) is 0. The molecule has 0 fully saturated rings. The molecule has 0 aromatic heterocycles. The maximum absolute atomic E-state index is 11.2. The minimum absolute atomic E-state index is 0.0132. The van der Waals surface area contributed by atoms with Crippen LogP contribution >= 0.6 is 0 Å². The van der Waals surface area contributed by atoms with E-state index in [1.54, 1.807) is 36.4 Å². The lowest BCUT2D eigenvalue weighted by Crippen LogP contribution is -2.05. The topological polar surface area (TPSA) is 115 Å². The molecular weight excluding hydrogens is 280 g/mol. The molecule has 0 saturated carbocycles. The predicted octanol–water partition coefficient (Wildman–Crippen LogP) is 2.99. The van der Waals surface area contributed by atoms with E-state index in [9.17, 15) is 15.4 Å². The van der Waals surface area contributed by atoms with Gasteiger partial charge in [0.05, 0.1) is 27.7 Å². The molecule has 2 rings (SSSR count). The minimum Gasteiger partial charge on any atom is -0.258 e. The van der Waals surface area contributed by atoms with Gasteiger partial charge in [-0.15, -0.1) is 0 Å². The molecule has 0 bridgehead atoms. The molecule has 0 N–H and O–H groups in total. The monoisotopic (exact) mass is 288 g/mol. The van der Waals surface area contributed by atoms with Crippen LogP contribution in [0.25, 0.3) is 0 Å². The fraction of sp³-hybridized carbons (Fsp3) is 0.0625. The summed E-state index contributed by atoms with van der Waals surface area (Å²) in [6.45, 7) is 0. The second kappa shape index (κ2) is 6.17. The Morgan fingerprint density at radius 1 is 1.00 bits per heavy atom. The van der Waals surface area contributed by atoms with Crippen molar-refractivity contribution in [2.75, 3.05) is 0 Å². The number of nitrogens with zero attached hydrogens (tertiary/aromatic N) is 4. The van der Waals surface area contributed by atoms with E-state index in [0.29, 0.717) is 5.56 Å². The Bertz CT molecular complexity index is 855. The van der Waals surface area contributed by atoms with Crippen LogP contribution in [0.2, 0.25) is 0 Å². The summed E-state index contributed by atoms with van der Waals surface area (Å²) in [6.07, 6.45) is 0. The van der Waals surface area contributed by atoms with Crippen molar-refractivity contribution in [1.29, 1.82) is 15.8 Å². The van der Waals surface area contributed by atoms with Gasteiger partial charge < -0.3 is 0 Å². The molecule has 22 heavy (non-hydrogen) atoms. The van der Waals surface area contributed by atoms with Gasteiger partial charge in [0.25, 0.3) is 5.69 Å². The third-order valence-corrected chi connectivity index (χ3v) is 3.18. The maximum Gasteiger partial charge on any atom is 0.275 e. The Hall–Kier alpha value is -3.69. The molecule has 0 saturated heterocycles. The van der Waals surface area contributed by atoms with Crippen LogP contribution in [0.5, 0.6) is 0 Å². The third kappa shape index (κ3) is 2.60. The first-order valence-electron chi connectivity index (χ1n) is 6.19. The van der Waals surface area contributed by atoms with Gasteiger partial charge in [0.15, 0.2) is 0 Å². The zero-order valence-electron chi connectivity index (χ0n) is 11.2. The minimum atomic E-state index is -0.888. The van der Waals surface area contributed by atoms with Crippen LogP contribution in [0.1, 0.15) is 28.2 Å². The van der Waals surface area contributed by atoms with E-state index < -0.39 is 10.8 Å². The van der Waals surface area contributed by atoms with Gasteiger partial charge in [0.1, 0.15) is 18.1 Å². The summed E-state index contributed by atoms with van der Waals surface area (Å²) >= 11 is 0. The lowest BCUT2D eigenvalue weighted by Gasteiger charge is -2.11. The second-order valence-electron chi connectivity index (χ2n) is 4.41. The van der Waals surface area contributed by atoms with Crippen molar-refractivity contribution in [3.05, 3.63) is 74.8 Å². The molecule has 2 aromatic rings. The zero-order valence-corrected chi connectivity index (χ0v) is 11.2. The molecule has 0 unspecified atom stereocenters. The van der Waals surface area contributed by atoms with Crippen LogP contribution in [0, 0.1) is 44.1 Å². The SMILES string of the molecule is N#Cc1cc([C@H](C#N)c2ccccc2)c([N+](=O)[O-])cc1C#N. The fourth-order valence-corrected chi connectivity index (χ4v) is 2.15. The number of nitriles is 3. The second-order valence-corrected chi connectivity index (χ2v) is 4.41. The van der Waals surface area contributed by atoms with E-state index >= 15 is 0 Å².